The molecule has 1 aliphatic rings. The highest BCUT2D eigenvalue weighted by molar-refractivity contribution is 5.55. The number of benzene rings is 1. The lowest BCUT2D eigenvalue weighted by Gasteiger charge is -2.39. The van der Waals surface area contributed by atoms with Gasteiger partial charge < -0.3 is 15.3 Å². The summed E-state index contributed by atoms with van der Waals surface area (Å²) in [7, 11) is 1.97. The first-order chi connectivity index (χ1) is 8.76. The summed E-state index contributed by atoms with van der Waals surface area (Å²) < 4.78 is 0. The quantitative estimate of drug-likeness (QED) is 0.809. The minimum Gasteiger partial charge on any atom is -0.395 e. The standard InChI is InChI=1S/C15H24N2O/c1-12-10-13(11-16-2)6-7-15(12)17(8-9-18)14-4-3-5-14/h6-7,10,14,16,18H,3-5,8-9,11H2,1-2H3. The van der Waals surface area contributed by atoms with Crippen molar-refractivity contribution >= 4 is 5.69 Å². The zero-order chi connectivity index (χ0) is 13.0. The van der Waals surface area contributed by atoms with E-state index in [-0.39, 0.29) is 6.61 Å². The molecule has 0 heterocycles. The smallest absolute Gasteiger partial charge is 0.0606 e. The summed E-state index contributed by atoms with van der Waals surface area (Å²) >= 11 is 0. The Morgan fingerprint density at radius 3 is 2.67 bits per heavy atom. The van der Waals surface area contributed by atoms with Gasteiger partial charge in [-0.3, -0.25) is 0 Å². The molecule has 0 aromatic heterocycles. The van der Waals surface area contributed by atoms with E-state index in [0.29, 0.717) is 6.04 Å². The number of nitrogens with zero attached hydrogens (tertiary/aromatic N) is 1. The summed E-state index contributed by atoms with van der Waals surface area (Å²) in [5, 5.41) is 12.4. The summed E-state index contributed by atoms with van der Waals surface area (Å²) in [4.78, 5) is 2.38. The molecule has 3 nitrogen and oxygen atoms in total. The van der Waals surface area contributed by atoms with Gasteiger partial charge in [-0.05, 0) is 50.4 Å². The number of anilines is 1. The number of hydrogen-bond donors (Lipinski definition) is 2. The Labute approximate surface area is 110 Å². The third kappa shape index (κ3) is 2.85. The summed E-state index contributed by atoms with van der Waals surface area (Å²) in [5.41, 5.74) is 3.91. The van der Waals surface area contributed by atoms with Crippen LogP contribution in [0.5, 0.6) is 0 Å². The zero-order valence-electron chi connectivity index (χ0n) is 11.4. The van der Waals surface area contributed by atoms with Crippen LogP contribution < -0.4 is 10.2 Å². The highest BCUT2D eigenvalue weighted by Crippen LogP contribution is 2.31. The maximum atomic E-state index is 9.24. The molecule has 0 radical (unpaired) electrons. The van der Waals surface area contributed by atoms with Crippen molar-refractivity contribution in [2.75, 3.05) is 25.1 Å². The Kier molecular flexibility index (Phi) is 4.61. The largest absolute Gasteiger partial charge is 0.395 e. The van der Waals surface area contributed by atoms with Gasteiger partial charge in [-0.1, -0.05) is 12.1 Å². The van der Waals surface area contributed by atoms with Crippen LogP contribution in [-0.2, 0) is 6.54 Å². The maximum absolute atomic E-state index is 9.24. The maximum Gasteiger partial charge on any atom is 0.0606 e. The van der Waals surface area contributed by atoms with E-state index in [1.165, 1.54) is 36.1 Å². The van der Waals surface area contributed by atoms with E-state index >= 15 is 0 Å². The van der Waals surface area contributed by atoms with Crippen molar-refractivity contribution in [1.82, 2.24) is 5.32 Å². The number of nitrogens with one attached hydrogen (secondary N) is 1. The predicted octanol–water partition coefficient (Wildman–Crippen LogP) is 2.07. The van der Waals surface area contributed by atoms with E-state index in [9.17, 15) is 5.11 Å². The van der Waals surface area contributed by atoms with Gasteiger partial charge in [0.25, 0.3) is 0 Å². The van der Waals surface area contributed by atoms with Crippen molar-refractivity contribution < 1.29 is 5.11 Å². The summed E-state index contributed by atoms with van der Waals surface area (Å²) in [5.74, 6) is 0. The number of aliphatic hydroxyl groups excluding tert-OH is 1. The first kappa shape index (κ1) is 13.4. The molecule has 0 spiro atoms. The van der Waals surface area contributed by atoms with E-state index in [1.807, 2.05) is 7.05 Å². The average molecular weight is 248 g/mol. The molecule has 1 fully saturated rings. The zero-order valence-corrected chi connectivity index (χ0v) is 11.4. The Bertz CT molecular complexity index is 388. The fourth-order valence-electron chi connectivity index (χ4n) is 2.66. The second kappa shape index (κ2) is 6.21. The van der Waals surface area contributed by atoms with Crippen LogP contribution in [0.25, 0.3) is 0 Å². The Morgan fingerprint density at radius 1 is 1.39 bits per heavy atom. The third-order valence-electron chi connectivity index (χ3n) is 3.81. The number of aryl methyl sites for hydroxylation is 1. The van der Waals surface area contributed by atoms with Crippen LogP contribution in [-0.4, -0.2) is 31.3 Å². The van der Waals surface area contributed by atoms with Crippen molar-refractivity contribution in [1.29, 1.82) is 0 Å². The minimum atomic E-state index is 0.230. The van der Waals surface area contributed by atoms with Crippen LogP contribution in [0, 0.1) is 6.92 Å². The molecule has 0 unspecified atom stereocenters. The average Bonchev–Trinajstić information content (AvgIpc) is 2.27. The molecular weight excluding hydrogens is 224 g/mol. The van der Waals surface area contributed by atoms with Gasteiger partial charge in [0.2, 0.25) is 0 Å². The predicted molar refractivity (Wildman–Crippen MR) is 76.0 cm³/mol. The molecule has 18 heavy (non-hydrogen) atoms. The highest BCUT2D eigenvalue weighted by atomic mass is 16.3. The number of aliphatic hydroxyl groups is 1. The monoisotopic (exact) mass is 248 g/mol. The molecule has 0 amide bonds. The summed E-state index contributed by atoms with van der Waals surface area (Å²) in [6, 6.07) is 7.26. The molecule has 0 aliphatic heterocycles. The van der Waals surface area contributed by atoms with Gasteiger partial charge >= 0.3 is 0 Å². The molecule has 0 bridgehead atoms. The van der Waals surface area contributed by atoms with Crippen LogP contribution in [0.3, 0.4) is 0 Å². The van der Waals surface area contributed by atoms with Gasteiger partial charge in [0.05, 0.1) is 6.61 Å². The fraction of sp³-hybridized carbons (Fsp3) is 0.600. The van der Waals surface area contributed by atoms with Gasteiger partial charge in [-0.25, -0.2) is 0 Å². The first-order valence-electron chi connectivity index (χ1n) is 6.88. The van der Waals surface area contributed by atoms with E-state index < -0.39 is 0 Å². The minimum absolute atomic E-state index is 0.230. The molecule has 1 aliphatic carbocycles. The molecule has 3 heteroatoms. The van der Waals surface area contributed by atoms with E-state index in [2.05, 4.69) is 35.3 Å². The second-order valence-electron chi connectivity index (χ2n) is 5.15. The topological polar surface area (TPSA) is 35.5 Å². The molecule has 2 rings (SSSR count). The SMILES string of the molecule is CNCc1ccc(N(CCO)C2CCC2)c(C)c1. The highest BCUT2D eigenvalue weighted by Gasteiger charge is 2.25. The first-order valence-corrected chi connectivity index (χ1v) is 6.88. The van der Waals surface area contributed by atoms with Gasteiger partial charge in [0.1, 0.15) is 0 Å². The lowest BCUT2D eigenvalue weighted by Crippen LogP contribution is -2.42. The molecule has 100 valence electrons. The Balaban J connectivity index is 2.18. The van der Waals surface area contributed by atoms with Crippen LogP contribution in [0.4, 0.5) is 5.69 Å². The van der Waals surface area contributed by atoms with Crippen molar-refractivity contribution in [3.63, 3.8) is 0 Å². The fourth-order valence-corrected chi connectivity index (χ4v) is 2.66. The lowest BCUT2D eigenvalue weighted by atomic mass is 9.90. The molecule has 1 aromatic rings. The normalized spacial score (nSPS) is 15.5. The molecule has 0 saturated heterocycles. The molecular formula is C15H24N2O. The van der Waals surface area contributed by atoms with E-state index in [1.54, 1.807) is 0 Å². The lowest BCUT2D eigenvalue weighted by molar-refractivity contribution is 0.283. The molecule has 2 N–H and O–H groups in total. The van der Waals surface area contributed by atoms with Crippen molar-refractivity contribution in [3.8, 4) is 0 Å². The van der Waals surface area contributed by atoms with Crippen molar-refractivity contribution in [3.05, 3.63) is 29.3 Å². The van der Waals surface area contributed by atoms with Crippen LogP contribution in [0.15, 0.2) is 18.2 Å². The van der Waals surface area contributed by atoms with Crippen LogP contribution in [0.2, 0.25) is 0 Å². The summed E-state index contributed by atoms with van der Waals surface area (Å²) in [6.45, 7) is 4.05. The number of hydrogen-bond acceptors (Lipinski definition) is 3. The Hall–Kier alpha value is -1.06. The molecule has 0 atom stereocenters. The Morgan fingerprint density at radius 2 is 2.17 bits per heavy atom. The summed E-state index contributed by atoms with van der Waals surface area (Å²) in [6.07, 6.45) is 3.85. The van der Waals surface area contributed by atoms with Crippen LogP contribution in [0.1, 0.15) is 30.4 Å². The van der Waals surface area contributed by atoms with Crippen LogP contribution >= 0.6 is 0 Å². The van der Waals surface area contributed by atoms with Crippen molar-refractivity contribution in [2.45, 2.75) is 38.8 Å². The van der Waals surface area contributed by atoms with Gasteiger partial charge in [-0.2, -0.15) is 0 Å². The van der Waals surface area contributed by atoms with Gasteiger partial charge in [-0.15, -0.1) is 0 Å². The molecule has 1 aromatic carbocycles. The van der Waals surface area contributed by atoms with Gasteiger partial charge in [0.15, 0.2) is 0 Å². The van der Waals surface area contributed by atoms with Gasteiger partial charge in [0, 0.05) is 24.8 Å². The third-order valence-corrected chi connectivity index (χ3v) is 3.81. The molecule has 1 saturated carbocycles. The van der Waals surface area contributed by atoms with E-state index in [0.717, 1.165) is 13.1 Å². The number of rotatable bonds is 6. The van der Waals surface area contributed by atoms with E-state index in [4.69, 9.17) is 0 Å². The van der Waals surface area contributed by atoms with Crippen molar-refractivity contribution in [2.24, 2.45) is 0 Å². The second-order valence-corrected chi connectivity index (χ2v) is 5.15.